The van der Waals surface area contributed by atoms with Crippen molar-refractivity contribution in [3.8, 4) is 41.1 Å². The van der Waals surface area contributed by atoms with Crippen LogP contribution in [0.2, 0.25) is 0 Å². The molecule has 0 saturated heterocycles. The Kier molecular flexibility index (Phi) is 10.6. The fourth-order valence-corrected chi connectivity index (χ4v) is 9.39. The molecule has 1 fully saturated rings. The number of Topliss-reactive ketones (excluding diaryl/α,β-unsaturated/α-hetero) is 1. The van der Waals surface area contributed by atoms with Crippen molar-refractivity contribution in [2.75, 3.05) is 13.1 Å². The monoisotopic (exact) mass is 747 g/mol. The third kappa shape index (κ3) is 7.46. The average Bonchev–Trinajstić information content (AvgIpc) is 3.90. The summed E-state index contributed by atoms with van der Waals surface area (Å²) in [5.74, 6) is 10.3. The first-order valence-electron chi connectivity index (χ1n) is 19.9. The Morgan fingerprint density at radius 1 is 1.13 bits per heavy atom. The smallest absolute Gasteiger partial charge is 0.252 e. The second kappa shape index (κ2) is 15.6. The number of benzene rings is 2. The number of carbonyl (C=O) groups excluding carboxylic acids is 1. The van der Waals surface area contributed by atoms with Gasteiger partial charge in [0.05, 0.1) is 23.8 Å². The van der Waals surface area contributed by atoms with E-state index in [1.807, 2.05) is 25.3 Å². The van der Waals surface area contributed by atoms with Gasteiger partial charge >= 0.3 is 0 Å². The SMILES string of the molecule is CCCC(O)CC(O)CC(=O)CCc1cc2c(cc1O)OC#CC1(CCCC1)C1C#CC(O)c3ccc4c(c3CC3=C5C[NH+](C=C5N=C3)C1O2)CCNC4N. The van der Waals surface area contributed by atoms with E-state index < -0.39 is 35.9 Å². The van der Waals surface area contributed by atoms with Gasteiger partial charge in [-0.1, -0.05) is 56.1 Å². The standard InChI is InChI=1S/C44H50N4O7/c1-2-5-28(49)20-30(51)21-29(50)7-6-26-19-41-40(22-39(26)53)54-17-15-44(13-3-4-14-44)36-10-11-38(52)32-8-9-33-31(12-16-46-42(33)45)34(32)18-27-23-47-37-25-48(24-35(27)37)43(36)55-41/h8-9,19,22-23,25,28,30,36,38,42-43,46,49,51-53H,2-7,12-14,16,18,20-21,24,45H2,1H3/p+1. The normalized spacial score (nSPS) is 26.6. The highest BCUT2D eigenvalue weighted by atomic mass is 16.5. The lowest BCUT2D eigenvalue weighted by Crippen LogP contribution is -3.12. The van der Waals surface area contributed by atoms with E-state index in [1.54, 1.807) is 6.07 Å². The van der Waals surface area contributed by atoms with Crippen LogP contribution >= 0.6 is 0 Å². The van der Waals surface area contributed by atoms with Crippen molar-refractivity contribution in [3.63, 3.8) is 0 Å². The Labute approximate surface area is 322 Å². The average molecular weight is 748 g/mol. The molecule has 11 heteroatoms. The third-order valence-corrected chi connectivity index (χ3v) is 12.3. The van der Waals surface area contributed by atoms with Crippen LogP contribution in [0.3, 0.4) is 0 Å². The topological polar surface area (TPSA) is 171 Å². The van der Waals surface area contributed by atoms with Gasteiger partial charge in [-0.15, -0.1) is 0 Å². The van der Waals surface area contributed by atoms with Crippen molar-refractivity contribution in [2.45, 2.75) is 115 Å². The van der Waals surface area contributed by atoms with Crippen molar-refractivity contribution < 1.29 is 39.6 Å². The maximum Gasteiger partial charge on any atom is 0.252 e. The molecule has 1 spiro atoms. The summed E-state index contributed by atoms with van der Waals surface area (Å²) in [7, 11) is 0. The fourth-order valence-electron chi connectivity index (χ4n) is 9.39. The molecule has 288 valence electrons. The minimum atomic E-state index is -1.05. The molecule has 7 unspecified atom stereocenters. The number of fused-ring (bicyclic) bond motifs is 8. The van der Waals surface area contributed by atoms with E-state index in [9.17, 15) is 25.2 Å². The zero-order valence-electron chi connectivity index (χ0n) is 31.4. The van der Waals surface area contributed by atoms with E-state index in [2.05, 4.69) is 35.4 Å². The predicted molar refractivity (Wildman–Crippen MR) is 206 cm³/mol. The first kappa shape index (κ1) is 37.5. The molecule has 1 aliphatic carbocycles. The predicted octanol–water partition coefficient (Wildman–Crippen LogP) is 2.95. The number of aliphatic hydroxyl groups is 3. The van der Waals surface area contributed by atoms with Crippen molar-refractivity contribution >= 4 is 12.0 Å². The molecule has 5 heterocycles. The molecule has 11 nitrogen and oxygen atoms in total. The van der Waals surface area contributed by atoms with Crippen molar-refractivity contribution in [1.82, 2.24) is 5.32 Å². The highest BCUT2D eigenvalue weighted by Gasteiger charge is 2.51. The third-order valence-electron chi connectivity index (χ3n) is 12.3. The number of hydrogen-bond donors (Lipinski definition) is 7. The molecule has 8 rings (SSSR count). The van der Waals surface area contributed by atoms with E-state index in [1.165, 1.54) is 11.6 Å². The number of aromatic hydroxyl groups is 1. The number of allylic oxidation sites excluding steroid dienone is 1. The number of nitrogens with one attached hydrogen (secondary N) is 2. The fraction of sp³-hybridized carbons (Fsp3) is 0.500. The number of ketones is 1. The largest absolute Gasteiger partial charge is 0.508 e. The molecule has 2 aromatic rings. The van der Waals surface area contributed by atoms with E-state index in [0.717, 1.165) is 83.5 Å². The summed E-state index contributed by atoms with van der Waals surface area (Å²) < 4.78 is 13.1. The first-order valence-corrected chi connectivity index (χ1v) is 19.9. The molecule has 1 saturated carbocycles. The number of hydrogen-bond acceptors (Lipinski definition) is 10. The van der Waals surface area contributed by atoms with Crippen LogP contribution in [-0.4, -0.2) is 63.9 Å². The second-order valence-electron chi connectivity index (χ2n) is 16.0. The van der Waals surface area contributed by atoms with Gasteiger partial charge in [0, 0.05) is 43.7 Å². The van der Waals surface area contributed by atoms with Crippen molar-refractivity contribution in [3.05, 3.63) is 75.1 Å². The van der Waals surface area contributed by atoms with Gasteiger partial charge in [0.1, 0.15) is 48.1 Å². The van der Waals surface area contributed by atoms with Crippen LogP contribution in [0.25, 0.3) is 0 Å². The van der Waals surface area contributed by atoms with Gasteiger partial charge in [-0.2, -0.15) is 0 Å². The number of aliphatic imine (C=N–C) groups is 1. The number of quaternary nitrogens is 1. The lowest BCUT2D eigenvalue weighted by atomic mass is 9.73. The number of rotatable bonds is 9. The highest BCUT2D eigenvalue weighted by molar-refractivity contribution is 5.87. The van der Waals surface area contributed by atoms with Gasteiger partial charge in [-0.25, -0.2) is 0 Å². The quantitative estimate of drug-likeness (QED) is 0.191. The van der Waals surface area contributed by atoms with Crippen LogP contribution in [0.15, 0.2) is 52.3 Å². The van der Waals surface area contributed by atoms with Crippen LogP contribution < -0.4 is 25.4 Å². The Balaban J connectivity index is 1.16. The number of aryl methyl sites for hydroxylation is 1. The summed E-state index contributed by atoms with van der Waals surface area (Å²) >= 11 is 0. The summed E-state index contributed by atoms with van der Waals surface area (Å²) in [5.41, 5.74) is 13.6. The summed E-state index contributed by atoms with van der Waals surface area (Å²) in [6, 6.07) is 7.19. The molecular weight excluding hydrogens is 697 g/mol. The highest BCUT2D eigenvalue weighted by Crippen LogP contribution is 2.47. The Morgan fingerprint density at radius 2 is 1.95 bits per heavy atom. The summed E-state index contributed by atoms with van der Waals surface area (Å²) in [6.07, 6.45) is 10.2. The van der Waals surface area contributed by atoms with Crippen LogP contribution in [-0.2, 0) is 24.1 Å². The van der Waals surface area contributed by atoms with Crippen LogP contribution in [0.4, 0.5) is 0 Å². The molecule has 2 aromatic carbocycles. The number of aliphatic hydroxyl groups excluding tert-OH is 3. The lowest BCUT2D eigenvalue weighted by Gasteiger charge is -2.36. The van der Waals surface area contributed by atoms with Crippen LogP contribution in [0, 0.1) is 35.2 Å². The number of nitrogens with zero attached hydrogens (tertiary/aromatic N) is 1. The molecule has 6 aliphatic rings. The van der Waals surface area contributed by atoms with E-state index in [0.29, 0.717) is 30.7 Å². The van der Waals surface area contributed by atoms with Gasteiger partial charge in [-0.3, -0.25) is 20.0 Å². The van der Waals surface area contributed by atoms with Crippen molar-refractivity contribution in [2.24, 2.45) is 22.1 Å². The zero-order valence-corrected chi connectivity index (χ0v) is 31.4. The van der Waals surface area contributed by atoms with Gasteiger partial charge in [0.25, 0.3) is 6.23 Å². The lowest BCUT2D eigenvalue weighted by molar-refractivity contribution is -0.891. The van der Waals surface area contributed by atoms with Gasteiger partial charge in [0.2, 0.25) is 0 Å². The Hall–Kier alpha value is -4.46. The van der Waals surface area contributed by atoms with Crippen molar-refractivity contribution in [1.29, 1.82) is 0 Å². The van der Waals surface area contributed by atoms with Crippen LogP contribution in [0.5, 0.6) is 17.2 Å². The molecule has 5 aliphatic heterocycles. The number of phenolic OH excluding ortho intramolecular Hbond substituents is 1. The number of carbonyl (C=O) groups is 1. The first-order chi connectivity index (χ1) is 26.6. The zero-order chi connectivity index (χ0) is 38.3. The molecule has 2 bridgehead atoms. The molecule has 55 heavy (non-hydrogen) atoms. The molecular formula is C44H51N4O7+. The van der Waals surface area contributed by atoms with Gasteiger partial charge in [0.15, 0.2) is 11.5 Å². The number of phenols is 1. The Bertz CT molecular complexity index is 2080. The summed E-state index contributed by atoms with van der Waals surface area (Å²) in [6.45, 7) is 3.34. The van der Waals surface area contributed by atoms with Gasteiger partial charge < -0.3 is 35.6 Å². The Morgan fingerprint density at radius 3 is 2.76 bits per heavy atom. The van der Waals surface area contributed by atoms with Crippen LogP contribution in [0.1, 0.15) is 105 Å². The number of nitrogens with two attached hydrogens (primary N) is 1. The molecule has 0 radical (unpaired) electrons. The second-order valence-corrected chi connectivity index (χ2v) is 16.0. The van der Waals surface area contributed by atoms with E-state index in [4.69, 9.17) is 20.2 Å². The maximum atomic E-state index is 12.9. The summed E-state index contributed by atoms with van der Waals surface area (Å²) in [4.78, 5) is 18.8. The molecule has 8 N–H and O–H groups in total. The molecule has 0 amide bonds. The number of ether oxygens (including phenoxy) is 2. The molecule has 0 aromatic heterocycles. The maximum absolute atomic E-state index is 12.9. The minimum Gasteiger partial charge on any atom is -0.508 e. The van der Waals surface area contributed by atoms with E-state index in [-0.39, 0.29) is 49.1 Å². The minimum absolute atomic E-state index is 0.0456. The van der Waals surface area contributed by atoms with E-state index >= 15 is 0 Å². The summed E-state index contributed by atoms with van der Waals surface area (Å²) in [5, 5.41) is 46.9. The molecule has 7 atom stereocenters. The van der Waals surface area contributed by atoms with Gasteiger partial charge in [-0.05, 0) is 78.0 Å².